The molecular weight excluding hydrogens is 567 g/mol. The Morgan fingerprint density at radius 2 is 1.55 bits per heavy atom. The quantitative estimate of drug-likeness (QED) is 0.261. The number of benzene rings is 4. The van der Waals surface area contributed by atoms with Gasteiger partial charge in [0.2, 0.25) is 17.7 Å². The number of imide groups is 1. The molecule has 208 valence electrons. The minimum atomic E-state index is -0.722. The number of fused-ring (bicyclic) bond motifs is 3. The van der Waals surface area contributed by atoms with Crippen LogP contribution in [-0.2, 0) is 20.9 Å². The summed E-state index contributed by atoms with van der Waals surface area (Å²) < 4.78 is 1.44. The van der Waals surface area contributed by atoms with Gasteiger partial charge in [-0.1, -0.05) is 101 Å². The molecule has 42 heavy (non-hydrogen) atoms. The number of hydrogen-bond acceptors (Lipinski definition) is 6. The van der Waals surface area contributed by atoms with E-state index in [2.05, 4.69) is 5.32 Å². The number of carbonyl (C=O) groups is 3. The number of thiazole rings is 1. The van der Waals surface area contributed by atoms with Gasteiger partial charge in [-0.25, -0.2) is 4.90 Å². The van der Waals surface area contributed by atoms with Crippen molar-refractivity contribution in [1.29, 1.82) is 0 Å². The molecule has 2 aliphatic rings. The van der Waals surface area contributed by atoms with Crippen molar-refractivity contribution >= 4 is 63.0 Å². The zero-order valence-electron chi connectivity index (χ0n) is 22.5. The summed E-state index contributed by atoms with van der Waals surface area (Å²) in [7, 11) is 0. The number of thioether (sulfide) groups is 1. The molecule has 1 N–H and O–H groups in total. The van der Waals surface area contributed by atoms with E-state index in [1.54, 1.807) is 12.1 Å². The third kappa shape index (κ3) is 4.45. The van der Waals surface area contributed by atoms with Gasteiger partial charge in [0, 0.05) is 16.5 Å². The molecule has 1 fully saturated rings. The van der Waals surface area contributed by atoms with Crippen LogP contribution in [0, 0.1) is 12.8 Å². The Labute approximate surface area is 249 Å². The molecule has 3 atom stereocenters. The lowest BCUT2D eigenvalue weighted by Gasteiger charge is -2.30. The van der Waals surface area contributed by atoms with E-state index in [9.17, 15) is 19.2 Å². The van der Waals surface area contributed by atoms with Crippen LogP contribution in [0.25, 0.3) is 10.8 Å². The number of nitrogens with zero attached hydrogens (tertiary/aromatic N) is 2. The predicted octanol–water partition coefficient (Wildman–Crippen LogP) is 5.81. The normalized spacial score (nSPS) is 19.5. The molecule has 1 saturated heterocycles. The lowest BCUT2D eigenvalue weighted by Crippen LogP contribution is -2.33. The third-order valence-corrected chi connectivity index (χ3v) is 10.4. The number of aryl methyl sites for hydroxylation is 1. The van der Waals surface area contributed by atoms with Crippen LogP contribution in [0.15, 0.2) is 107 Å². The Balaban J connectivity index is 1.25. The van der Waals surface area contributed by atoms with Crippen molar-refractivity contribution < 1.29 is 14.4 Å². The average Bonchev–Trinajstić information content (AvgIpc) is 3.44. The summed E-state index contributed by atoms with van der Waals surface area (Å²) in [5, 5.41) is 4.82. The summed E-state index contributed by atoms with van der Waals surface area (Å²) in [6.07, 6.45) is 0. The molecular formula is C33H25N3O4S2. The second-order valence-corrected chi connectivity index (χ2v) is 12.7. The van der Waals surface area contributed by atoms with E-state index in [4.69, 9.17) is 0 Å². The highest BCUT2D eigenvalue weighted by molar-refractivity contribution is 8.00. The fourth-order valence-corrected chi connectivity index (χ4v) is 8.61. The molecule has 0 spiro atoms. The van der Waals surface area contributed by atoms with Crippen LogP contribution < -0.4 is 15.1 Å². The van der Waals surface area contributed by atoms with Crippen LogP contribution in [0.4, 0.5) is 11.4 Å². The van der Waals surface area contributed by atoms with Crippen LogP contribution in [0.2, 0.25) is 0 Å². The molecule has 3 heterocycles. The molecule has 5 aromatic rings. The summed E-state index contributed by atoms with van der Waals surface area (Å²) in [4.78, 5) is 56.0. The highest BCUT2D eigenvalue weighted by Gasteiger charge is 2.56. The molecule has 3 amide bonds. The van der Waals surface area contributed by atoms with Gasteiger partial charge in [0.15, 0.2) is 0 Å². The first-order chi connectivity index (χ1) is 20.4. The van der Waals surface area contributed by atoms with Crippen LogP contribution in [0.5, 0.6) is 0 Å². The number of carbonyl (C=O) groups excluding carboxylic acids is 3. The summed E-state index contributed by atoms with van der Waals surface area (Å²) in [6, 6.07) is 30.4. The SMILES string of the molecule is Cc1ccc(N2C(=O)C3Sc4c(sc(=O)n4CC(=O)Nc4ccc5ccccc5c4)[C@H](c4ccccc4)C3C2=O)cc1. The topological polar surface area (TPSA) is 88.5 Å². The maximum atomic E-state index is 13.9. The van der Waals surface area contributed by atoms with Crippen molar-refractivity contribution in [1.82, 2.24) is 4.57 Å². The number of anilines is 2. The van der Waals surface area contributed by atoms with Gasteiger partial charge in [0.25, 0.3) is 0 Å². The number of hydrogen-bond donors (Lipinski definition) is 1. The molecule has 0 saturated carbocycles. The molecule has 2 aliphatic heterocycles. The molecule has 7 nitrogen and oxygen atoms in total. The molecule has 0 aliphatic carbocycles. The fourth-order valence-electron chi connectivity index (χ4n) is 5.83. The third-order valence-electron chi connectivity index (χ3n) is 7.84. The Morgan fingerprint density at radius 1 is 0.833 bits per heavy atom. The van der Waals surface area contributed by atoms with Crippen molar-refractivity contribution in [3.8, 4) is 0 Å². The lowest BCUT2D eigenvalue weighted by molar-refractivity contribution is -0.122. The van der Waals surface area contributed by atoms with Gasteiger partial charge in [-0.05, 0) is 47.5 Å². The molecule has 2 unspecified atom stereocenters. The van der Waals surface area contributed by atoms with Crippen LogP contribution in [0.1, 0.15) is 21.9 Å². The maximum absolute atomic E-state index is 13.9. The maximum Gasteiger partial charge on any atom is 0.308 e. The van der Waals surface area contributed by atoms with Crippen molar-refractivity contribution in [2.75, 3.05) is 10.2 Å². The van der Waals surface area contributed by atoms with E-state index < -0.39 is 17.1 Å². The Morgan fingerprint density at radius 3 is 2.31 bits per heavy atom. The van der Waals surface area contributed by atoms with Crippen LogP contribution in [-0.4, -0.2) is 27.5 Å². The van der Waals surface area contributed by atoms with E-state index in [1.165, 1.54) is 21.2 Å². The van der Waals surface area contributed by atoms with Gasteiger partial charge in [-0.2, -0.15) is 0 Å². The lowest BCUT2D eigenvalue weighted by atomic mass is 9.83. The number of rotatable bonds is 5. The van der Waals surface area contributed by atoms with Gasteiger partial charge in [-0.3, -0.25) is 23.7 Å². The number of amides is 3. The summed E-state index contributed by atoms with van der Waals surface area (Å²) in [5.74, 6) is -2.08. The highest BCUT2D eigenvalue weighted by atomic mass is 32.2. The molecule has 1 aromatic heterocycles. The Hall–Kier alpha value is -4.47. The van der Waals surface area contributed by atoms with E-state index >= 15 is 0 Å². The van der Waals surface area contributed by atoms with E-state index in [-0.39, 0.29) is 29.1 Å². The fraction of sp³-hybridized carbons (Fsp3) is 0.152. The standard InChI is InChI=1S/C33H25N3O4S2/c1-19-11-15-24(16-12-19)36-30(38)27-26(21-8-3-2-4-9-21)29-32(41-28(27)31(36)39)35(33(40)42-29)18-25(37)34-23-14-13-20-7-5-6-10-22(20)17-23/h2-17,26-28H,18H2,1H3,(H,34,37)/t26-,27?,28?/m1/s1. The van der Waals surface area contributed by atoms with Crippen LogP contribution >= 0.6 is 23.1 Å². The summed E-state index contributed by atoms with van der Waals surface area (Å²) in [6.45, 7) is 1.75. The Bertz CT molecular complexity index is 1930. The highest BCUT2D eigenvalue weighted by Crippen LogP contribution is 2.53. The number of nitrogens with one attached hydrogen (secondary N) is 1. The zero-order chi connectivity index (χ0) is 29.0. The largest absolute Gasteiger partial charge is 0.325 e. The van der Waals surface area contributed by atoms with E-state index in [1.807, 2.05) is 91.9 Å². The van der Waals surface area contributed by atoms with Crippen molar-refractivity contribution in [3.63, 3.8) is 0 Å². The molecule has 4 aromatic carbocycles. The molecule has 9 heteroatoms. The smallest absolute Gasteiger partial charge is 0.308 e. The Kier molecular flexibility index (Phi) is 6.56. The second-order valence-electron chi connectivity index (χ2n) is 10.5. The number of aromatic nitrogens is 1. The summed E-state index contributed by atoms with van der Waals surface area (Å²) >= 11 is 2.26. The second kappa shape index (κ2) is 10.4. The minimum Gasteiger partial charge on any atom is -0.325 e. The van der Waals surface area contributed by atoms with Gasteiger partial charge >= 0.3 is 4.87 Å². The van der Waals surface area contributed by atoms with Crippen LogP contribution in [0.3, 0.4) is 0 Å². The summed E-state index contributed by atoms with van der Waals surface area (Å²) in [5.41, 5.74) is 3.05. The minimum absolute atomic E-state index is 0.201. The van der Waals surface area contributed by atoms with Crippen molar-refractivity contribution in [3.05, 3.63) is 123 Å². The van der Waals surface area contributed by atoms with E-state index in [0.29, 0.717) is 21.3 Å². The molecule has 0 radical (unpaired) electrons. The van der Waals surface area contributed by atoms with Gasteiger partial charge in [-0.15, -0.1) is 0 Å². The van der Waals surface area contributed by atoms with Gasteiger partial charge in [0.1, 0.15) is 11.8 Å². The predicted molar refractivity (Wildman–Crippen MR) is 166 cm³/mol. The molecule has 7 rings (SSSR count). The van der Waals surface area contributed by atoms with Crippen molar-refractivity contribution in [2.45, 2.75) is 29.7 Å². The first-order valence-electron chi connectivity index (χ1n) is 13.6. The molecule has 0 bridgehead atoms. The average molecular weight is 592 g/mol. The monoisotopic (exact) mass is 591 g/mol. The van der Waals surface area contributed by atoms with Gasteiger partial charge in [0.05, 0.1) is 16.6 Å². The first kappa shape index (κ1) is 26.4. The van der Waals surface area contributed by atoms with Crippen molar-refractivity contribution in [2.24, 2.45) is 5.92 Å². The zero-order valence-corrected chi connectivity index (χ0v) is 24.2. The first-order valence-corrected chi connectivity index (χ1v) is 15.3. The van der Waals surface area contributed by atoms with E-state index in [0.717, 1.165) is 33.2 Å². The van der Waals surface area contributed by atoms with Gasteiger partial charge < -0.3 is 5.32 Å².